The number of benzene rings is 3. The van der Waals surface area contributed by atoms with Gasteiger partial charge in [-0.2, -0.15) is 0 Å². The lowest BCUT2D eigenvalue weighted by atomic mass is 10.0. The van der Waals surface area contributed by atoms with Gasteiger partial charge in [-0.1, -0.05) is 30.3 Å². The highest BCUT2D eigenvalue weighted by Crippen LogP contribution is 2.39. The molecule has 30 heavy (non-hydrogen) atoms. The molecule has 0 spiro atoms. The second-order valence-corrected chi connectivity index (χ2v) is 7.47. The number of ether oxygens (including phenoxy) is 1. The third-order valence-corrected chi connectivity index (χ3v) is 5.17. The summed E-state index contributed by atoms with van der Waals surface area (Å²) in [5.74, 6) is 0.326. The second-order valence-electron chi connectivity index (χ2n) is 7.47. The van der Waals surface area contributed by atoms with Crippen molar-refractivity contribution >= 4 is 17.3 Å². The minimum absolute atomic E-state index is 0.0646. The lowest BCUT2D eigenvalue weighted by molar-refractivity contribution is -0.114. The van der Waals surface area contributed by atoms with Crippen LogP contribution in [-0.4, -0.2) is 18.1 Å². The molecular weight excluding hydrogens is 376 g/mol. The molecule has 1 amide bonds. The molecule has 3 aromatic rings. The van der Waals surface area contributed by atoms with Crippen molar-refractivity contribution in [3.63, 3.8) is 0 Å². The fourth-order valence-electron chi connectivity index (χ4n) is 3.71. The van der Waals surface area contributed by atoms with Gasteiger partial charge in [0.1, 0.15) is 5.70 Å². The monoisotopic (exact) mass is 400 g/mol. The van der Waals surface area contributed by atoms with Crippen LogP contribution in [0.1, 0.15) is 22.7 Å². The van der Waals surface area contributed by atoms with Crippen molar-refractivity contribution in [3.8, 4) is 11.5 Å². The van der Waals surface area contributed by atoms with Crippen LogP contribution in [0.2, 0.25) is 0 Å². The van der Waals surface area contributed by atoms with E-state index in [1.807, 2.05) is 74.5 Å². The number of phenols is 1. The molecule has 0 saturated carbocycles. The van der Waals surface area contributed by atoms with Gasteiger partial charge in [0.25, 0.3) is 5.91 Å². The van der Waals surface area contributed by atoms with Gasteiger partial charge in [-0.15, -0.1) is 0 Å². The first-order valence-electron chi connectivity index (χ1n) is 9.79. The smallest absolute Gasteiger partial charge is 0.275 e. The molecular formula is C25H24N2O3. The van der Waals surface area contributed by atoms with Gasteiger partial charge in [-0.3, -0.25) is 9.69 Å². The average molecular weight is 400 g/mol. The first-order chi connectivity index (χ1) is 14.5. The minimum atomic E-state index is -0.332. The number of phenolic OH excluding ortho intramolecular Hbond substituents is 1. The number of nitrogens with zero attached hydrogens (tertiary/aromatic N) is 1. The van der Waals surface area contributed by atoms with Crippen LogP contribution in [0.4, 0.5) is 11.4 Å². The zero-order valence-electron chi connectivity index (χ0n) is 17.2. The summed E-state index contributed by atoms with van der Waals surface area (Å²) in [5.41, 5.74) is 5.22. The number of nitrogens with one attached hydrogen (secondary N) is 1. The molecule has 0 bridgehead atoms. The van der Waals surface area contributed by atoms with Gasteiger partial charge >= 0.3 is 0 Å². The number of aryl methyl sites for hydroxylation is 2. The number of methoxy groups -OCH3 is 1. The summed E-state index contributed by atoms with van der Waals surface area (Å²) < 4.78 is 5.28. The zero-order chi connectivity index (χ0) is 21.3. The standard InChI is InChI=1S/C25H24N2O3/c1-16-6-4-8-19(12-16)26-21-15-22(18-10-11-23(28)24(14-18)30-3)27(25(21)29)20-9-5-7-17(2)13-20/h4-15,22,26,28H,1-3H3/t22-/m0/s1. The molecule has 0 radical (unpaired) electrons. The molecule has 0 fully saturated rings. The Morgan fingerprint density at radius 3 is 2.40 bits per heavy atom. The normalized spacial score (nSPS) is 15.8. The van der Waals surface area contributed by atoms with Crippen molar-refractivity contribution in [1.82, 2.24) is 0 Å². The Kier molecular flexibility index (Phi) is 5.19. The number of hydrogen-bond donors (Lipinski definition) is 2. The highest BCUT2D eigenvalue weighted by atomic mass is 16.5. The molecule has 4 rings (SSSR count). The van der Waals surface area contributed by atoms with E-state index >= 15 is 0 Å². The zero-order valence-corrected chi connectivity index (χ0v) is 17.2. The van der Waals surface area contributed by atoms with Crippen molar-refractivity contribution in [2.75, 3.05) is 17.3 Å². The quantitative estimate of drug-likeness (QED) is 0.625. The fraction of sp³-hybridized carbons (Fsp3) is 0.160. The lowest BCUT2D eigenvalue weighted by Gasteiger charge is -2.26. The summed E-state index contributed by atoms with van der Waals surface area (Å²) in [6, 6.07) is 20.6. The number of amides is 1. The van der Waals surface area contributed by atoms with E-state index in [9.17, 15) is 9.90 Å². The molecule has 5 nitrogen and oxygen atoms in total. The number of aromatic hydroxyl groups is 1. The molecule has 5 heteroatoms. The number of carbonyl (C=O) groups excluding carboxylic acids is 1. The third-order valence-electron chi connectivity index (χ3n) is 5.17. The Morgan fingerprint density at radius 2 is 1.70 bits per heavy atom. The number of hydrogen-bond acceptors (Lipinski definition) is 4. The molecule has 1 heterocycles. The molecule has 1 aliphatic rings. The maximum atomic E-state index is 13.4. The minimum Gasteiger partial charge on any atom is -0.504 e. The van der Waals surface area contributed by atoms with Gasteiger partial charge in [0.2, 0.25) is 0 Å². The van der Waals surface area contributed by atoms with Crippen molar-refractivity contribution in [2.45, 2.75) is 19.9 Å². The Labute approximate surface area is 176 Å². The van der Waals surface area contributed by atoms with Crippen LogP contribution in [0, 0.1) is 13.8 Å². The highest BCUT2D eigenvalue weighted by Gasteiger charge is 2.35. The number of anilines is 2. The maximum absolute atomic E-state index is 13.4. The molecule has 1 atom stereocenters. The largest absolute Gasteiger partial charge is 0.504 e. The summed E-state index contributed by atoms with van der Waals surface area (Å²) in [7, 11) is 1.51. The molecule has 152 valence electrons. The van der Waals surface area contributed by atoms with Crippen LogP contribution in [-0.2, 0) is 4.79 Å². The fourth-order valence-corrected chi connectivity index (χ4v) is 3.71. The van der Waals surface area contributed by atoms with Gasteiger partial charge in [0.05, 0.1) is 13.2 Å². The summed E-state index contributed by atoms with van der Waals surface area (Å²) in [4.78, 5) is 15.2. The van der Waals surface area contributed by atoms with Crippen molar-refractivity contribution in [2.24, 2.45) is 0 Å². The van der Waals surface area contributed by atoms with Crippen LogP contribution in [0.3, 0.4) is 0 Å². The Balaban J connectivity index is 1.77. The van der Waals surface area contributed by atoms with E-state index in [1.165, 1.54) is 7.11 Å². The Hall–Kier alpha value is -3.73. The predicted octanol–water partition coefficient (Wildman–Crippen LogP) is 5.10. The lowest BCUT2D eigenvalue weighted by Crippen LogP contribution is -2.30. The van der Waals surface area contributed by atoms with E-state index in [0.717, 1.165) is 28.1 Å². The van der Waals surface area contributed by atoms with Crippen LogP contribution >= 0.6 is 0 Å². The van der Waals surface area contributed by atoms with E-state index in [2.05, 4.69) is 5.32 Å². The summed E-state index contributed by atoms with van der Waals surface area (Å²) >= 11 is 0. The van der Waals surface area contributed by atoms with Crippen LogP contribution in [0.15, 0.2) is 78.5 Å². The van der Waals surface area contributed by atoms with Gasteiger partial charge in [0.15, 0.2) is 11.5 Å². The second kappa shape index (κ2) is 7.95. The number of rotatable bonds is 5. The van der Waals surface area contributed by atoms with Gasteiger partial charge in [0, 0.05) is 11.4 Å². The van der Waals surface area contributed by atoms with Crippen LogP contribution < -0.4 is 15.0 Å². The van der Waals surface area contributed by atoms with E-state index in [0.29, 0.717) is 11.4 Å². The summed E-state index contributed by atoms with van der Waals surface area (Å²) in [5, 5.41) is 13.3. The first kappa shape index (κ1) is 19.6. The Morgan fingerprint density at radius 1 is 0.967 bits per heavy atom. The molecule has 0 saturated heterocycles. The molecule has 0 aliphatic carbocycles. The SMILES string of the molecule is COc1cc([C@@H]2C=C(Nc3cccc(C)c3)C(=O)N2c2cccc(C)c2)ccc1O. The van der Waals surface area contributed by atoms with E-state index < -0.39 is 0 Å². The third kappa shape index (κ3) is 3.74. The van der Waals surface area contributed by atoms with Gasteiger partial charge in [-0.05, 0) is 73.0 Å². The maximum Gasteiger partial charge on any atom is 0.275 e. The van der Waals surface area contributed by atoms with E-state index in [1.54, 1.807) is 17.0 Å². The first-order valence-corrected chi connectivity index (χ1v) is 9.79. The highest BCUT2D eigenvalue weighted by molar-refractivity contribution is 6.11. The molecule has 0 aromatic heterocycles. The predicted molar refractivity (Wildman–Crippen MR) is 119 cm³/mol. The molecule has 0 unspecified atom stereocenters. The topological polar surface area (TPSA) is 61.8 Å². The van der Waals surface area contributed by atoms with Crippen LogP contribution in [0.25, 0.3) is 0 Å². The summed E-state index contributed by atoms with van der Waals surface area (Å²) in [6.45, 7) is 4.02. The Bertz CT molecular complexity index is 1140. The molecule has 2 N–H and O–H groups in total. The molecule has 3 aromatic carbocycles. The molecule has 1 aliphatic heterocycles. The van der Waals surface area contributed by atoms with Gasteiger partial charge in [-0.25, -0.2) is 0 Å². The van der Waals surface area contributed by atoms with Crippen LogP contribution in [0.5, 0.6) is 11.5 Å². The van der Waals surface area contributed by atoms with Crippen molar-refractivity contribution in [3.05, 3.63) is 95.2 Å². The van der Waals surface area contributed by atoms with Crippen molar-refractivity contribution < 1.29 is 14.6 Å². The van der Waals surface area contributed by atoms with Gasteiger partial charge < -0.3 is 15.2 Å². The summed E-state index contributed by atoms with van der Waals surface area (Å²) in [6.07, 6.45) is 1.92. The average Bonchev–Trinajstić information content (AvgIpc) is 3.04. The number of carbonyl (C=O) groups is 1. The van der Waals surface area contributed by atoms with Crippen molar-refractivity contribution in [1.29, 1.82) is 0 Å². The van der Waals surface area contributed by atoms with E-state index in [4.69, 9.17) is 4.74 Å². The van der Waals surface area contributed by atoms with E-state index in [-0.39, 0.29) is 17.7 Å².